The third kappa shape index (κ3) is 5.23. The standard InChI is InChI=1S/C21H23N3O2S/c1-24(15-6-9-18-7-3-2-4-8-18)16-14-23-27(25,26)21-11-5-10-19-17-22-13-12-20(19)21/h2-13,17,23H,14-16H2,1H3. The van der Waals surface area contributed by atoms with Gasteiger partial charge >= 0.3 is 0 Å². The normalized spacial score (nSPS) is 12.2. The van der Waals surface area contributed by atoms with E-state index in [2.05, 4.69) is 26.8 Å². The van der Waals surface area contributed by atoms with E-state index in [-0.39, 0.29) is 4.90 Å². The largest absolute Gasteiger partial charge is 0.301 e. The molecule has 0 bridgehead atoms. The van der Waals surface area contributed by atoms with Gasteiger partial charge in [0.05, 0.1) is 4.90 Å². The number of sulfonamides is 1. The van der Waals surface area contributed by atoms with Gasteiger partial charge in [0, 0.05) is 42.8 Å². The number of rotatable bonds is 8. The Bertz CT molecular complexity index is 1010. The summed E-state index contributed by atoms with van der Waals surface area (Å²) in [4.78, 5) is 6.39. The maximum atomic E-state index is 12.7. The molecule has 0 radical (unpaired) electrons. The van der Waals surface area contributed by atoms with Crippen molar-refractivity contribution in [2.45, 2.75) is 4.90 Å². The maximum Gasteiger partial charge on any atom is 0.241 e. The first-order valence-electron chi connectivity index (χ1n) is 8.79. The molecule has 0 amide bonds. The fraction of sp³-hybridized carbons (Fsp3) is 0.190. The Balaban J connectivity index is 1.55. The van der Waals surface area contributed by atoms with Crippen molar-refractivity contribution in [3.05, 3.63) is 78.6 Å². The van der Waals surface area contributed by atoms with Crippen molar-refractivity contribution in [3.8, 4) is 0 Å². The van der Waals surface area contributed by atoms with Crippen LogP contribution < -0.4 is 4.72 Å². The van der Waals surface area contributed by atoms with Gasteiger partial charge in [-0.15, -0.1) is 0 Å². The molecule has 140 valence electrons. The van der Waals surface area contributed by atoms with Crippen LogP contribution in [0.1, 0.15) is 5.56 Å². The van der Waals surface area contributed by atoms with Crippen molar-refractivity contribution in [2.75, 3.05) is 26.7 Å². The van der Waals surface area contributed by atoms with Crippen LogP contribution in [0.4, 0.5) is 0 Å². The van der Waals surface area contributed by atoms with E-state index in [9.17, 15) is 8.42 Å². The van der Waals surface area contributed by atoms with Gasteiger partial charge in [-0.1, -0.05) is 54.6 Å². The van der Waals surface area contributed by atoms with E-state index in [1.54, 1.807) is 30.6 Å². The minimum absolute atomic E-state index is 0.286. The number of likely N-dealkylation sites (N-methyl/N-ethyl adjacent to an activating group) is 1. The van der Waals surface area contributed by atoms with E-state index in [1.807, 2.05) is 43.4 Å². The lowest BCUT2D eigenvalue weighted by Gasteiger charge is -2.15. The number of benzene rings is 2. The molecule has 0 atom stereocenters. The minimum Gasteiger partial charge on any atom is -0.301 e. The molecule has 0 saturated carbocycles. The topological polar surface area (TPSA) is 62.3 Å². The highest BCUT2D eigenvalue weighted by Crippen LogP contribution is 2.21. The van der Waals surface area contributed by atoms with Gasteiger partial charge in [-0.2, -0.15) is 0 Å². The molecule has 1 heterocycles. The van der Waals surface area contributed by atoms with Crippen LogP contribution in [0.25, 0.3) is 16.8 Å². The van der Waals surface area contributed by atoms with Crippen molar-refractivity contribution >= 4 is 26.9 Å². The van der Waals surface area contributed by atoms with Gasteiger partial charge in [0.15, 0.2) is 0 Å². The van der Waals surface area contributed by atoms with Gasteiger partial charge in [-0.25, -0.2) is 13.1 Å². The summed E-state index contributed by atoms with van der Waals surface area (Å²) in [6.07, 6.45) is 7.40. The summed E-state index contributed by atoms with van der Waals surface area (Å²) >= 11 is 0. The Labute approximate surface area is 160 Å². The molecular weight excluding hydrogens is 358 g/mol. The average Bonchev–Trinajstić information content (AvgIpc) is 2.68. The van der Waals surface area contributed by atoms with Crippen molar-refractivity contribution in [1.82, 2.24) is 14.6 Å². The third-order valence-electron chi connectivity index (χ3n) is 4.24. The van der Waals surface area contributed by atoms with Crippen LogP contribution in [0, 0.1) is 0 Å². The summed E-state index contributed by atoms with van der Waals surface area (Å²) in [6, 6.07) is 17.0. The molecule has 1 aromatic heterocycles. The summed E-state index contributed by atoms with van der Waals surface area (Å²) in [7, 11) is -1.60. The molecule has 0 fully saturated rings. The van der Waals surface area contributed by atoms with E-state index < -0.39 is 10.0 Å². The summed E-state index contributed by atoms with van der Waals surface area (Å²) < 4.78 is 28.0. The van der Waals surface area contributed by atoms with Gasteiger partial charge in [0.1, 0.15) is 0 Å². The van der Waals surface area contributed by atoms with E-state index in [0.717, 1.165) is 17.5 Å². The van der Waals surface area contributed by atoms with Gasteiger partial charge in [-0.05, 0) is 24.7 Å². The molecule has 0 unspecified atom stereocenters. The fourth-order valence-electron chi connectivity index (χ4n) is 2.80. The van der Waals surface area contributed by atoms with Crippen molar-refractivity contribution < 1.29 is 8.42 Å². The summed E-state index contributed by atoms with van der Waals surface area (Å²) in [5, 5.41) is 1.49. The molecule has 0 aliphatic carbocycles. The number of pyridine rings is 1. The SMILES string of the molecule is CN(CC=Cc1ccccc1)CCNS(=O)(=O)c1cccc2cnccc12. The van der Waals surface area contributed by atoms with Gasteiger partial charge in [0.25, 0.3) is 0 Å². The Kier molecular flexibility index (Phi) is 6.34. The summed E-state index contributed by atoms with van der Waals surface area (Å²) in [5.41, 5.74) is 1.15. The molecule has 1 N–H and O–H groups in total. The van der Waals surface area contributed by atoms with Crippen LogP contribution in [0.2, 0.25) is 0 Å². The molecule has 5 nitrogen and oxygen atoms in total. The predicted molar refractivity (Wildman–Crippen MR) is 110 cm³/mol. The van der Waals surface area contributed by atoms with Crippen molar-refractivity contribution in [2.24, 2.45) is 0 Å². The molecule has 0 aliphatic heterocycles. The van der Waals surface area contributed by atoms with Crippen LogP contribution in [-0.4, -0.2) is 45.0 Å². The number of hydrogen-bond acceptors (Lipinski definition) is 4. The second-order valence-corrected chi connectivity index (χ2v) is 8.06. The van der Waals surface area contributed by atoms with E-state index in [1.165, 1.54) is 0 Å². The molecule has 0 spiro atoms. The predicted octanol–water partition coefficient (Wildman–Crippen LogP) is 3.16. The molecule has 0 saturated heterocycles. The Morgan fingerprint density at radius 3 is 2.70 bits per heavy atom. The highest BCUT2D eigenvalue weighted by atomic mass is 32.2. The van der Waals surface area contributed by atoms with Crippen LogP contribution in [0.15, 0.2) is 78.0 Å². The highest BCUT2D eigenvalue weighted by molar-refractivity contribution is 7.89. The summed E-state index contributed by atoms with van der Waals surface area (Å²) in [6.45, 7) is 1.71. The van der Waals surface area contributed by atoms with Crippen LogP contribution in [0.5, 0.6) is 0 Å². The first-order chi connectivity index (χ1) is 13.1. The number of hydrogen-bond donors (Lipinski definition) is 1. The van der Waals surface area contributed by atoms with Crippen molar-refractivity contribution in [1.29, 1.82) is 0 Å². The Hall–Kier alpha value is -2.54. The zero-order chi connectivity index (χ0) is 19.1. The second-order valence-electron chi connectivity index (χ2n) is 6.33. The van der Waals surface area contributed by atoms with E-state index in [0.29, 0.717) is 18.5 Å². The first kappa shape index (κ1) is 19.2. The smallest absolute Gasteiger partial charge is 0.241 e. The molecule has 0 aliphatic rings. The molecule has 27 heavy (non-hydrogen) atoms. The van der Waals surface area contributed by atoms with E-state index in [4.69, 9.17) is 0 Å². The van der Waals surface area contributed by atoms with E-state index >= 15 is 0 Å². The minimum atomic E-state index is -3.57. The fourth-order valence-corrected chi connectivity index (χ4v) is 4.05. The number of aromatic nitrogens is 1. The Morgan fingerprint density at radius 1 is 1.07 bits per heavy atom. The Morgan fingerprint density at radius 2 is 1.89 bits per heavy atom. The lowest BCUT2D eigenvalue weighted by molar-refractivity contribution is 0.375. The number of fused-ring (bicyclic) bond motifs is 1. The van der Waals surface area contributed by atoms with Gasteiger partial charge in [0.2, 0.25) is 10.0 Å². The number of nitrogens with one attached hydrogen (secondary N) is 1. The molecule has 2 aromatic carbocycles. The molecule has 3 aromatic rings. The lowest BCUT2D eigenvalue weighted by Crippen LogP contribution is -2.33. The zero-order valence-corrected chi connectivity index (χ0v) is 16.1. The summed E-state index contributed by atoms with van der Waals surface area (Å²) in [5.74, 6) is 0. The van der Waals surface area contributed by atoms with Crippen molar-refractivity contribution in [3.63, 3.8) is 0 Å². The van der Waals surface area contributed by atoms with Crippen LogP contribution in [0.3, 0.4) is 0 Å². The molecule has 3 rings (SSSR count). The second kappa shape index (κ2) is 8.90. The monoisotopic (exact) mass is 381 g/mol. The highest BCUT2D eigenvalue weighted by Gasteiger charge is 2.16. The van der Waals surface area contributed by atoms with Gasteiger partial charge < -0.3 is 4.90 Å². The lowest BCUT2D eigenvalue weighted by atomic mass is 10.2. The molecule has 6 heteroatoms. The number of nitrogens with zero attached hydrogens (tertiary/aromatic N) is 2. The third-order valence-corrected chi connectivity index (χ3v) is 5.76. The maximum absolute atomic E-state index is 12.7. The molecular formula is C21H23N3O2S. The van der Waals surface area contributed by atoms with Crippen LogP contribution >= 0.6 is 0 Å². The van der Waals surface area contributed by atoms with Crippen LogP contribution in [-0.2, 0) is 10.0 Å². The average molecular weight is 382 g/mol. The first-order valence-corrected chi connectivity index (χ1v) is 10.3. The quantitative estimate of drug-likeness (QED) is 0.651. The van der Waals surface area contributed by atoms with Gasteiger partial charge in [-0.3, -0.25) is 4.98 Å². The zero-order valence-electron chi connectivity index (χ0n) is 15.2.